The predicted molar refractivity (Wildman–Crippen MR) is 81.6 cm³/mol. The molecule has 0 aromatic carbocycles. The average molecular weight is 290 g/mol. The molecule has 0 aromatic heterocycles. The lowest BCUT2D eigenvalue weighted by Gasteiger charge is -2.44. The van der Waals surface area contributed by atoms with E-state index in [0.717, 1.165) is 6.42 Å². The zero-order chi connectivity index (χ0) is 16.0. The minimum absolute atomic E-state index is 0.0836. The van der Waals surface area contributed by atoms with Gasteiger partial charge in [-0.3, -0.25) is 0 Å². The van der Waals surface area contributed by atoms with Gasteiger partial charge in [-0.15, -0.1) is 5.73 Å². The Morgan fingerprint density at radius 3 is 2.52 bits per heavy atom. The first kappa shape index (κ1) is 16.2. The van der Waals surface area contributed by atoms with Gasteiger partial charge in [-0.1, -0.05) is 34.3 Å². The van der Waals surface area contributed by atoms with Gasteiger partial charge in [0.1, 0.15) is 11.7 Å². The largest absolute Gasteiger partial charge is 0.462 e. The second-order valence-electron chi connectivity index (χ2n) is 7.40. The van der Waals surface area contributed by atoms with Gasteiger partial charge in [0, 0.05) is 11.8 Å². The van der Waals surface area contributed by atoms with Crippen LogP contribution in [0, 0.1) is 47.0 Å². The summed E-state index contributed by atoms with van der Waals surface area (Å²) < 4.78 is 0. The minimum atomic E-state index is -1.35. The lowest BCUT2D eigenvalue weighted by Crippen LogP contribution is -2.53. The van der Waals surface area contributed by atoms with Gasteiger partial charge < -0.3 is 15.3 Å². The van der Waals surface area contributed by atoms with Crippen molar-refractivity contribution in [2.45, 2.75) is 45.8 Å². The third-order valence-corrected chi connectivity index (χ3v) is 5.94. The lowest BCUT2D eigenvalue weighted by molar-refractivity contribution is -0.104. The van der Waals surface area contributed by atoms with Gasteiger partial charge in [-0.2, -0.15) is 0 Å². The third kappa shape index (κ3) is 2.32. The highest BCUT2D eigenvalue weighted by molar-refractivity contribution is 5.27. The lowest BCUT2D eigenvalue weighted by atomic mass is 9.65. The van der Waals surface area contributed by atoms with Gasteiger partial charge in [0.05, 0.1) is 6.10 Å². The molecule has 3 N–H and O–H groups in total. The van der Waals surface area contributed by atoms with Crippen LogP contribution >= 0.6 is 0 Å². The maximum absolute atomic E-state index is 11.1. The van der Waals surface area contributed by atoms with Crippen molar-refractivity contribution in [2.75, 3.05) is 0 Å². The standard InChI is InChI=1S/C18H26O3/c1-6-7-11(2)16(20)15-14-13(17(14,4)5)10-12(3)18(15,21)8-9-19/h7,11-16,19-21H,1,10H2,2-5H3/t11-,12-,13-,14?,15-,16-,18-/m1/s1. The molecule has 0 saturated heterocycles. The molecule has 2 aliphatic rings. The molecule has 0 spiro atoms. The zero-order valence-corrected chi connectivity index (χ0v) is 13.3. The second-order valence-corrected chi connectivity index (χ2v) is 7.40. The number of hydrogen-bond donors (Lipinski definition) is 3. The van der Waals surface area contributed by atoms with Gasteiger partial charge in [-0.05, 0) is 41.6 Å². The summed E-state index contributed by atoms with van der Waals surface area (Å²) in [4.78, 5) is 0. The predicted octanol–water partition coefficient (Wildman–Crippen LogP) is 2.32. The normalized spacial score (nSPS) is 42.6. The summed E-state index contributed by atoms with van der Waals surface area (Å²) >= 11 is 0. The number of rotatable bonds is 3. The van der Waals surface area contributed by atoms with E-state index in [0.29, 0.717) is 5.92 Å². The first-order valence-electron chi connectivity index (χ1n) is 7.64. The van der Waals surface area contributed by atoms with Gasteiger partial charge in [0.25, 0.3) is 0 Å². The van der Waals surface area contributed by atoms with E-state index in [-0.39, 0.29) is 29.1 Å². The molecule has 116 valence electrons. The van der Waals surface area contributed by atoms with Crippen LogP contribution in [0.2, 0.25) is 0 Å². The Kier molecular flexibility index (Phi) is 4.02. The average Bonchev–Trinajstić information content (AvgIpc) is 2.92. The Labute approximate surface area is 127 Å². The van der Waals surface area contributed by atoms with Crippen LogP contribution in [0.5, 0.6) is 0 Å². The van der Waals surface area contributed by atoms with Gasteiger partial charge in [0.15, 0.2) is 0 Å². The van der Waals surface area contributed by atoms with E-state index in [1.54, 1.807) is 6.08 Å². The van der Waals surface area contributed by atoms with Gasteiger partial charge in [-0.25, -0.2) is 0 Å². The van der Waals surface area contributed by atoms with Crippen LogP contribution in [0.1, 0.15) is 34.1 Å². The Balaban J connectivity index is 2.43. The molecule has 2 aliphatic carbocycles. The van der Waals surface area contributed by atoms with E-state index < -0.39 is 11.7 Å². The maximum atomic E-state index is 11.1. The molecule has 3 heteroatoms. The van der Waals surface area contributed by atoms with Gasteiger partial charge >= 0.3 is 0 Å². The van der Waals surface area contributed by atoms with Crippen LogP contribution in [0.3, 0.4) is 0 Å². The Morgan fingerprint density at radius 2 is 2.00 bits per heavy atom. The van der Waals surface area contributed by atoms with Crippen LogP contribution < -0.4 is 0 Å². The number of aliphatic hydroxyl groups excluding tert-OH is 2. The number of aliphatic hydroxyl groups is 3. The fraction of sp³-hybridized carbons (Fsp3) is 0.722. The highest BCUT2D eigenvalue weighted by atomic mass is 16.3. The summed E-state index contributed by atoms with van der Waals surface area (Å²) in [7, 11) is 0. The highest BCUT2D eigenvalue weighted by Gasteiger charge is 2.70. The van der Waals surface area contributed by atoms with E-state index in [1.807, 2.05) is 20.0 Å². The fourth-order valence-corrected chi connectivity index (χ4v) is 4.49. The van der Waals surface area contributed by atoms with E-state index in [4.69, 9.17) is 5.11 Å². The molecule has 0 heterocycles. The summed E-state index contributed by atoms with van der Waals surface area (Å²) in [6.07, 6.45) is 3.74. The van der Waals surface area contributed by atoms with Crippen LogP contribution in [0.25, 0.3) is 0 Å². The summed E-state index contributed by atoms with van der Waals surface area (Å²) in [5.41, 5.74) is 1.45. The molecular weight excluding hydrogens is 264 g/mol. The van der Waals surface area contributed by atoms with Crippen molar-refractivity contribution in [3.05, 3.63) is 18.4 Å². The van der Waals surface area contributed by atoms with Crippen molar-refractivity contribution in [3.8, 4) is 12.0 Å². The fourth-order valence-electron chi connectivity index (χ4n) is 4.49. The number of fused-ring (bicyclic) bond motifs is 1. The summed E-state index contributed by atoms with van der Waals surface area (Å²) in [6, 6.07) is 0. The van der Waals surface area contributed by atoms with Crippen LogP contribution in [0.4, 0.5) is 0 Å². The molecular formula is C18H26O3. The van der Waals surface area contributed by atoms with Crippen LogP contribution in [0.15, 0.2) is 18.4 Å². The third-order valence-electron chi connectivity index (χ3n) is 5.94. The van der Waals surface area contributed by atoms with Gasteiger partial charge in [0.2, 0.25) is 0 Å². The first-order chi connectivity index (χ1) is 9.71. The van der Waals surface area contributed by atoms with Crippen molar-refractivity contribution in [1.29, 1.82) is 0 Å². The van der Waals surface area contributed by atoms with Crippen molar-refractivity contribution in [1.82, 2.24) is 0 Å². The molecule has 0 aliphatic heterocycles. The molecule has 2 saturated carbocycles. The molecule has 2 rings (SSSR count). The quantitative estimate of drug-likeness (QED) is 0.552. The number of hydrogen-bond acceptors (Lipinski definition) is 3. The molecule has 3 nitrogen and oxygen atoms in total. The second kappa shape index (κ2) is 5.21. The Hall–Kier alpha value is -1.20. The Bertz CT molecular complexity index is 520. The molecule has 2 fully saturated rings. The minimum Gasteiger partial charge on any atom is -0.462 e. The van der Waals surface area contributed by atoms with Crippen molar-refractivity contribution in [2.24, 2.45) is 35.0 Å². The van der Waals surface area contributed by atoms with E-state index >= 15 is 0 Å². The zero-order valence-electron chi connectivity index (χ0n) is 13.3. The molecule has 7 atom stereocenters. The first-order valence-corrected chi connectivity index (χ1v) is 7.64. The highest BCUT2D eigenvalue weighted by Crippen LogP contribution is 2.70. The summed E-state index contributed by atoms with van der Waals surface area (Å²) in [6.45, 7) is 11.7. The maximum Gasteiger partial charge on any atom is 0.137 e. The molecule has 0 bridgehead atoms. The molecule has 1 unspecified atom stereocenters. The van der Waals surface area contributed by atoms with Crippen LogP contribution in [-0.2, 0) is 0 Å². The Morgan fingerprint density at radius 1 is 1.38 bits per heavy atom. The SMILES string of the molecule is C=C=C[C@@H](C)[C@@H](O)[C@H]1C2[C@@H](C[C@@H](C)[C@]1(O)C#CO)C2(C)C. The monoisotopic (exact) mass is 290 g/mol. The van der Waals surface area contributed by atoms with Crippen molar-refractivity contribution >= 4 is 0 Å². The topological polar surface area (TPSA) is 60.7 Å². The van der Waals surface area contributed by atoms with Crippen molar-refractivity contribution < 1.29 is 15.3 Å². The van der Waals surface area contributed by atoms with Crippen molar-refractivity contribution in [3.63, 3.8) is 0 Å². The van der Waals surface area contributed by atoms with E-state index in [9.17, 15) is 10.2 Å². The molecule has 0 radical (unpaired) electrons. The van der Waals surface area contributed by atoms with Crippen LogP contribution in [-0.4, -0.2) is 27.0 Å². The smallest absolute Gasteiger partial charge is 0.137 e. The molecule has 0 aromatic rings. The van der Waals surface area contributed by atoms with E-state index in [2.05, 4.69) is 32.1 Å². The summed E-state index contributed by atoms with van der Waals surface area (Å²) in [5, 5.41) is 30.9. The van der Waals surface area contributed by atoms with E-state index in [1.165, 1.54) is 0 Å². The summed E-state index contributed by atoms with van der Waals surface area (Å²) in [5.74, 6) is 2.67. The molecule has 21 heavy (non-hydrogen) atoms. The molecule has 0 amide bonds.